The first kappa shape index (κ1) is 33.7. The van der Waals surface area contributed by atoms with E-state index in [9.17, 15) is 18.6 Å². The molecule has 0 amide bonds. The van der Waals surface area contributed by atoms with Crippen molar-refractivity contribution in [1.82, 2.24) is 4.31 Å². The van der Waals surface area contributed by atoms with Crippen LogP contribution in [0.3, 0.4) is 0 Å². The molecular formula is C43H55NO5S2. The van der Waals surface area contributed by atoms with Gasteiger partial charge in [0.05, 0.1) is 22.8 Å². The van der Waals surface area contributed by atoms with Gasteiger partial charge in [-0.2, -0.15) is 4.31 Å². The van der Waals surface area contributed by atoms with Crippen molar-refractivity contribution in [3.63, 3.8) is 0 Å². The average molecular weight is 730 g/mol. The first-order chi connectivity index (χ1) is 24.1. The summed E-state index contributed by atoms with van der Waals surface area (Å²) in [5.74, 6) is 2.48. The molecule has 2 aromatic rings. The number of carbonyl (C=O) groups excluding carboxylic acids is 1. The first-order valence-electron chi connectivity index (χ1n) is 19.9. The summed E-state index contributed by atoms with van der Waals surface area (Å²) in [6.07, 6.45) is 20.6. The highest BCUT2D eigenvalue weighted by Gasteiger charge is 2.74. The topological polar surface area (TPSA) is 94.9 Å². The van der Waals surface area contributed by atoms with Crippen LogP contribution < -0.4 is 0 Å². The molecule has 0 radical (unpaired) electrons. The summed E-state index contributed by atoms with van der Waals surface area (Å²) in [6, 6.07) is 10.2. The van der Waals surface area contributed by atoms with Gasteiger partial charge in [-0.1, -0.05) is 50.3 Å². The number of ketones is 1. The minimum absolute atomic E-state index is 0.00230. The number of aliphatic hydroxyl groups is 2. The molecule has 6 bridgehead atoms. The number of thiophene rings is 1. The number of fused-ring (bicyclic) bond motifs is 2. The van der Waals surface area contributed by atoms with Gasteiger partial charge < -0.3 is 10.2 Å². The van der Waals surface area contributed by atoms with Gasteiger partial charge in [-0.3, -0.25) is 4.79 Å². The highest BCUT2D eigenvalue weighted by molar-refractivity contribution is 7.88. The van der Waals surface area contributed by atoms with Crippen LogP contribution in [0.15, 0.2) is 54.1 Å². The molecule has 1 aromatic heterocycles. The van der Waals surface area contributed by atoms with E-state index < -0.39 is 32.6 Å². The quantitative estimate of drug-likeness (QED) is 0.222. The fraction of sp³-hybridized carbons (Fsp3) is 0.698. The summed E-state index contributed by atoms with van der Waals surface area (Å²) >= 11 is 1.56. The van der Waals surface area contributed by atoms with Crippen LogP contribution in [0.4, 0.5) is 0 Å². The number of aliphatic hydroxyl groups excluding tert-OH is 1. The summed E-state index contributed by atoms with van der Waals surface area (Å²) < 4.78 is 30.3. The molecule has 8 heteroatoms. The molecule has 12 rings (SSSR count). The Balaban J connectivity index is 1.05. The summed E-state index contributed by atoms with van der Waals surface area (Å²) in [5.41, 5.74) is -1.91. The Hall–Kier alpha value is -1.84. The lowest BCUT2D eigenvalue weighted by Gasteiger charge is -2.71. The Morgan fingerprint density at radius 1 is 0.882 bits per heavy atom. The normalized spacial score (nSPS) is 47.8. The van der Waals surface area contributed by atoms with Crippen LogP contribution in [-0.4, -0.2) is 59.8 Å². The molecule has 1 heterocycles. The zero-order valence-electron chi connectivity index (χ0n) is 30.6. The Bertz CT molecular complexity index is 1930. The standard InChI is InChI=1S/C43H55NO5S2/c1-38-11-8-31(45)23-41(38)14-15-43(32(24-41)37(46)34-19-30-6-4-5-7-33(30)50-34)35(38)9-12-39(2)36(43)10-13-42(39,47)26-44(51(3,48)49)25-40-20-27-16-28(21-40)18-29(17-27)22-40/h4-7,14-15,19,24,27-29,31,35-36,45,47H,8-13,16-18,20-23,25-26H2,1-3H3. The summed E-state index contributed by atoms with van der Waals surface area (Å²) in [5, 5.41) is 25.3. The number of Topliss-reactive ketones (excluding diaryl/α,β-unsaturated/α-hetero) is 1. The number of nitrogens with zero attached hydrogens (tertiary/aromatic N) is 1. The van der Waals surface area contributed by atoms with Crippen LogP contribution in [0, 0.1) is 56.7 Å². The number of sulfonamides is 1. The fourth-order valence-corrected chi connectivity index (χ4v) is 17.2. The smallest absolute Gasteiger partial charge is 0.211 e. The molecule has 10 aliphatic rings. The van der Waals surface area contributed by atoms with Gasteiger partial charge in [-0.05, 0) is 141 Å². The van der Waals surface area contributed by atoms with Crippen LogP contribution in [0.5, 0.6) is 0 Å². The zero-order chi connectivity index (χ0) is 35.4. The van der Waals surface area contributed by atoms with Gasteiger partial charge in [0.15, 0.2) is 5.78 Å². The number of hydrogen-bond donors (Lipinski definition) is 2. The number of carbonyl (C=O) groups is 1. The lowest BCUT2D eigenvalue weighted by Crippen LogP contribution is -2.67. The minimum Gasteiger partial charge on any atom is -0.393 e. The highest BCUT2D eigenvalue weighted by Crippen LogP contribution is 2.78. The Morgan fingerprint density at radius 2 is 1.53 bits per heavy atom. The number of allylic oxidation sites excluding steroid dienone is 4. The molecule has 10 aliphatic carbocycles. The molecule has 7 saturated carbocycles. The molecule has 1 aromatic carbocycles. The lowest BCUT2D eigenvalue weighted by molar-refractivity contribution is -0.175. The van der Waals surface area contributed by atoms with Gasteiger partial charge in [-0.25, -0.2) is 8.42 Å². The van der Waals surface area contributed by atoms with Crippen molar-refractivity contribution in [3.8, 4) is 0 Å². The Labute approximate surface area is 307 Å². The van der Waals surface area contributed by atoms with E-state index in [1.165, 1.54) is 25.5 Å². The molecule has 274 valence electrons. The number of hydrogen-bond acceptors (Lipinski definition) is 6. The Kier molecular flexibility index (Phi) is 7.06. The highest BCUT2D eigenvalue weighted by atomic mass is 32.2. The maximum Gasteiger partial charge on any atom is 0.211 e. The summed E-state index contributed by atoms with van der Waals surface area (Å²) in [7, 11) is -3.57. The first-order valence-corrected chi connectivity index (χ1v) is 22.6. The van der Waals surface area contributed by atoms with E-state index in [0.717, 1.165) is 89.7 Å². The van der Waals surface area contributed by atoms with E-state index in [1.54, 1.807) is 15.6 Å². The van der Waals surface area contributed by atoms with E-state index in [4.69, 9.17) is 0 Å². The van der Waals surface area contributed by atoms with E-state index in [2.05, 4.69) is 50.3 Å². The third-order valence-corrected chi connectivity index (χ3v) is 19.5. The third-order valence-electron chi connectivity index (χ3n) is 17.2. The van der Waals surface area contributed by atoms with Crippen molar-refractivity contribution in [3.05, 3.63) is 59.0 Å². The molecule has 8 atom stereocenters. The third kappa shape index (κ3) is 4.49. The summed E-state index contributed by atoms with van der Waals surface area (Å²) in [6.45, 7) is 5.32. The van der Waals surface area contributed by atoms with Crippen LogP contribution in [0.25, 0.3) is 10.1 Å². The molecular weight excluding hydrogens is 675 g/mol. The van der Waals surface area contributed by atoms with Crippen molar-refractivity contribution in [2.24, 2.45) is 56.7 Å². The maximum atomic E-state index is 15.1. The van der Waals surface area contributed by atoms with Crippen LogP contribution in [0.1, 0.15) is 107 Å². The number of benzene rings is 1. The number of rotatable bonds is 7. The van der Waals surface area contributed by atoms with E-state index in [0.29, 0.717) is 19.4 Å². The van der Waals surface area contributed by atoms with Gasteiger partial charge in [-0.15, -0.1) is 11.3 Å². The molecule has 51 heavy (non-hydrogen) atoms. The van der Waals surface area contributed by atoms with E-state index >= 15 is 4.79 Å². The summed E-state index contributed by atoms with van der Waals surface area (Å²) in [4.78, 5) is 15.8. The predicted molar refractivity (Wildman–Crippen MR) is 202 cm³/mol. The van der Waals surface area contributed by atoms with Gasteiger partial charge >= 0.3 is 0 Å². The molecule has 2 N–H and O–H groups in total. The van der Waals surface area contributed by atoms with Crippen molar-refractivity contribution in [2.45, 2.75) is 109 Å². The molecule has 0 aliphatic heterocycles. The van der Waals surface area contributed by atoms with E-state index in [-0.39, 0.29) is 40.4 Å². The van der Waals surface area contributed by atoms with Crippen LogP contribution >= 0.6 is 11.3 Å². The largest absolute Gasteiger partial charge is 0.393 e. The van der Waals surface area contributed by atoms with Crippen LogP contribution in [0.2, 0.25) is 0 Å². The molecule has 8 unspecified atom stereocenters. The monoisotopic (exact) mass is 729 g/mol. The second-order valence-electron chi connectivity index (χ2n) is 19.7. The van der Waals surface area contributed by atoms with Crippen molar-refractivity contribution in [1.29, 1.82) is 0 Å². The average Bonchev–Trinajstić information content (AvgIpc) is 3.61. The fourth-order valence-electron chi connectivity index (χ4n) is 15.3. The predicted octanol–water partition coefficient (Wildman–Crippen LogP) is 8.15. The molecule has 0 saturated heterocycles. The zero-order valence-corrected chi connectivity index (χ0v) is 32.2. The molecule has 6 nitrogen and oxygen atoms in total. The van der Waals surface area contributed by atoms with Crippen molar-refractivity contribution in [2.75, 3.05) is 19.3 Å². The van der Waals surface area contributed by atoms with Crippen LogP contribution in [-0.2, 0) is 10.0 Å². The molecule has 7 fully saturated rings. The van der Waals surface area contributed by atoms with Gasteiger partial charge in [0, 0.05) is 39.6 Å². The van der Waals surface area contributed by atoms with Gasteiger partial charge in [0.1, 0.15) is 0 Å². The lowest BCUT2D eigenvalue weighted by atomic mass is 9.32. The van der Waals surface area contributed by atoms with E-state index in [1.807, 2.05) is 12.1 Å². The van der Waals surface area contributed by atoms with Gasteiger partial charge in [0.2, 0.25) is 10.0 Å². The van der Waals surface area contributed by atoms with Crippen molar-refractivity contribution >= 4 is 37.2 Å². The SMILES string of the molecule is CC12CCC(O)CC13C=CC1(C(C(=O)c4cc5ccccc5s4)=C3)C2CCC2(C)C1CCC2(O)CN(CC12CC3CC(CC(C3)C1)C2)S(C)(=O)=O. The van der Waals surface area contributed by atoms with Gasteiger partial charge in [0.25, 0.3) is 0 Å². The maximum absolute atomic E-state index is 15.1. The minimum atomic E-state index is -3.57. The molecule has 2 spiro atoms. The van der Waals surface area contributed by atoms with Crippen molar-refractivity contribution < 1.29 is 23.4 Å². The second-order valence-corrected chi connectivity index (χ2v) is 22.8. The Morgan fingerprint density at radius 3 is 2.22 bits per heavy atom. The second kappa shape index (κ2) is 10.7.